The number of carboxylic acid groups (broad SMARTS) is 1. The first-order valence-electron chi connectivity index (χ1n) is 4.44. The van der Waals surface area contributed by atoms with Gasteiger partial charge in [-0.2, -0.15) is 0 Å². The summed E-state index contributed by atoms with van der Waals surface area (Å²) in [5, 5.41) is 15.4. The molecule has 4 N–H and O–H groups in total. The molecule has 0 aliphatic rings. The molecule has 2 amide bonds. The number of nitrogens with zero attached hydrogens (tertiary/aromatic N) is 1. The van der Waals surface area contributed by atoms with Gasteiger partial charge in [0.2, 0.25) is 10.0 Å². The molecule has 0 aliphatic carbocycles. The van der Waals surface area contributed by atoms with Crippen molar-refractivity contribution in [1.29, 1.82) is 0 Å². The molecule has 17 heavy (non-hydrogen) atoms. The van der Waals surface area contributed by atoms with Gasteiger partial charge in [-0.15, -0.1) is 6.42 Å². The zero-order chi connectivity index (χ0) is 13.5. The molecule has 0 saturated carbocycles. The maximum Gasteiger partial charge on any atom is 0.323 e. The molecule has 0 aromatic heterocycles. The van der Waals surface area contributed by atoms with Gasteiger partial charge in [-0.3, -0.25) is 4.79 Å². The van der Waals surface area contributed by atoms with Crippen molar-refractivity contribution in [2.75, 3.05) is 25.4 Å². The second-order valence-corrected chi connectivity index (χ2v) is 4.79. The van der Waals surface area contributed by atoms with Gasteiger partial charge in [0.15, 0.2) is 0 Å². The van der Waals surface area contributed by atoms with E-state index < -0.39 is 34.3 Å². The lowest BCUT2D eigenvalue weighted by molar-refractivity contribution is -0.137. The summed E-state index contributed by atoms with van der Waals surface area (Å²) >= 11 is 0. The fraction of sp³-hybridized carbons (Fsp3) is 0.500. The molecule has 8 nitrogen and oxygen atoms in total. The van der Waals surface area contributed by atoms with E-state index in [1.54, 1.807) is 0 Å². The minimum atomic E-state index is -3.67. The van der Waals surface area contributed by atoms with E-state index in [9.17, 15) is 18.0 Å². The molecular formula is C8H13N3O5S. The Morgan fingerprint density at radius 3 is 2.47 bits per heavy atom. The van der Waals surface area contributed by atoms with E-state index in [2.05, 4.69) is 11.2 Å². The van der Waals surface area contributed by atoms with Crippen LogP contribution in [-0.4, -0.2) is 55.8 Å². The summed E-state index contributed by atoms with van der Waals surface area (Å²) < 4.78 is 21.1. The first-order valence-corrected chi connectivity index (χ1v) is 6.16. The van der Waals surface area contributed by atoms with Gasteiger partial charge < -0.3 is 15.3 Å². The Morgan fingerprint density at radius 1 is 1.47 bits per heavy atom. The lowest BCUT2D eigenvalue weighted by atomic mass is 10.5. The molecule has 0 aromatic rings. The van der Waals surface area contributed by atoms with Crippen LogP contribution in [0.2, 0.25) is 0 Å². The molecule has 0 atom stereocenters. The predicted molar refractivity (Wildman–Crippen MR) is 59.4 cm³/mol. The van der Waals surface area contributed by atoms with Gasteiger partial charge in [0.05, 0.1) is 12.3 Å². The molecule has 0 bridgehead atoms. The number of carbonyl (C=O) groups excluding carboxylic acids is 1. The van der Waals surface area contributed by atoms with Gasteiger partial charge in [-0.25, -0.2) is 18.4 Å². The fourth-order valence-electron chi connectivity index (χ4n) is 0.885. The second kappa shape index (κ2) is 6.72. The molecular weight excluding hydrogens is 250 g/mol. The third-order valence-electron chi connectivity index (χ3n) is 1.56. The van der Waals surface area contributed by atoms with Crippen molar-refractivity contribution in [1.82, 2.24) is 10.2 Å². The van der Waals surface area contributed by atoms with Crippen LogP contribution in [0.4, 0.5) is 4.79 Å². The van der Waals surface area contributed by atoms with Gasteiger partial charge in [-0.1, -0.05) is 5.92 Å². The van der Waals surface area contributed by atoms with Crippen molar-refractivity contribution < 1.29 is 23.1 Å². The number of primary sulfonamides is 1. The van der Waals surface area contributed by atoms with E-state index in [1.165, 1.54) is 0 Å². The number of hydrogen-bond acceptors (Lipinski definition) is 4. The van der Waals surface area contributed by atoms with E-state index in [-0.39, 0.29) is 13.1 Å². The fourth-order valence-corrected chi connectivity index (χ4v) is 1.27. The zero-order valence-corrected chi connectivity index (χ0v) is 9.74. The van der Waals surface area contributed by atoms with Crippen molar-refractivity contribution in [2.24, 2.45) is 5.14 Å². The highest BCUT2D eigenvalue weighted by atomic mass is 32.2. The Hall–Kier alpha value is -1.79. The summed E-state index contributed by atoms with van der Waals surface area (Å²) in [6.07, 6.45) is 4.96. The number of hydrogen-bond donors (Lipinski definition) is 3. The highest BCUT2D eigenvalue weighted by Crippen LogP contribution is 1.89. The van der Waals surface area contributed by atoms with E-state index in [0.717, 1.165) is 4.90 Å². The van der Waals surface area contributed by atoms with Gasteiger partial charge in [0, 0.05) is 6.54 Å². The van der Waals surface area contributed by atoms with Crippen molar-refractivity contribution in [3.63, 3.8) is 0 Å². The molecule has 96 valence electrons. The van der Waals surface area contributed by atoms with E-state index in [4.69, 9.17) is 16.7 Å². The van der Waals surface area contributed by atoms with Crippen molar-refractivity contribution >= 4 is 22.0 Å². The molecule has 0 heterocycles. The molecule has 0 rings (SSSR count). The van der Waals surface area contributed by atoms with Crippen molar-refractivity contribution in [2.45, 2.75) is 0 Å². The SMILES string of the molecule is C#CCN(CC(=O)O)C(=O)NCCS(N)(=O)=O. The number of carbonyl (C=O) groups is 2. The Labute approximate surface area is 98.8 Å². The summed E-state index contributed by atoms with van der Waals surface area (Å²) in [6.45, 7) is -0.961. The minimum Gasteiger partial charge on any atom is -0.480 e. The monoisotopic (exact) mass is 263 g/mol. The highest BCUT2D eigenvalue weighted by Gasteiger charge is 2.15. The number of aliphatic carboxylic acids is 1. The van der Waals surface area contributed by atoms with Crippen LogP contribution in [-0.2, 0) is 14.8 Å². The van der Waals surface area contributed by atoms with Gasteiger partial charge >= 0.3 is 12.0 Å². The van der Waals surface area contributed by atoms with E-state index in [1.807, 2.05) is 0 Å². The van der Waals surface area contributed by atoms with Crippen LogP contribution in [0.1, 0.15) is 0 Å². The average Bonchev–Trinajstić information content (AvgIpc) is 2.14. The number of carboxylic acids is 1. The Balaban J connectivity index is 4.24. The summed E-state index contributed by atoms with van der Waals surface area (Å²) in [4.78, 5) is 22.6. The van der Waals surface area contributed by atoms with Gasteiger partial charge in [0.25, 0.3) is 0 Å². The van der Waals surface area contributed by atoms with E-state index >= 15 is 0 Å². The molecule has 0 unspecified atom stereocenters. The molecule has 0 radical (unpaired) electrons. The maximum absolute atomic E-state index is 11.4. The number of rotatable bonds is 6. The molecule has 0 aliphatic heterocycles. The average molecular weight is 263 g/mol. The van der Waals surface area contributed by atoms with Gasteiger partial charge in [0.1, 0.15) is 6.54 Å². The van der Waals surface area contributed by atoms with Crippen LogP contribution in [0.5, 0.6) is 0 Å². The topological polar surface area (TPSA) is 130 Å². The predicted octanol–water partition coefficient (Wildman–Crippen LogP) is -2.00. The third-order valence-corrected chi connectivity index (χ3v) is 2.33. The number of nitrogens with one attached hydrogen (secondary N) is 1. The standard InChI is InChI=1S/C8H13N3O5S/c1-2-4-11(6-7(12)13)8(14)10-3-5-17(9,15)16/h1H,3-6H2,(H,10,14)(H,12,13)(H2,9,15,16). The smallest absolute Gasteiger partial charge is 0.323 e. The lowest BCUT2D eigenvalue weighted by Gasteiger charge is -2.18. The summed E-state index contributed by atoms with van der Waals surface area (Å²) in [5.74, 6) is 0.464. The third kappa shape index (κ3) is 8.06. The molecule has 0 aromatic carbocycles. The molecule has 0 saturated heterocycles. The van der Waals surface area contributed by atoms with Crippen LogP contribution in [0, 0.1) is 12.3 Å². The minimum absolute atomic E-state index is 0.187. The quantitative estimate of drug-likeness (QED) is 0.477. The second-order valence-electron chi connectivity index (χ2n) is 3.05. The Morgan fingerprint density at radius 2 is 2.06 bits per heavy atom. The Bertz CT molecular complexity index is 425. The van der Waals surface area contributed by atoms with Crippen molar-refractivity contribution in [3.05, 3.63) is 0 Å². The number of sulfonamides is 1. The Kier molecular flexibility index (Phi) is 6.01. The largest absolute Gasteiger partial charge is 0.480 e. The number of nitrogens with two attached hydrogens (primary N) is 1. The van der Waals surface area contributed by atoms with E-state index in [0.29, 0.717) is 0 Å². The summed E-state index contributed by atoms with van der Waals surface area (Å²) in [5.41, 5.74) is 0. The highest BCUT2D eigenvalue weighted by molar-refractivity contribution is 7.89. The molecule has 0 fully saturated rings. The maximum atomic E-state index is 11.4. The normalized spacial score (nSPS) is 10.4. The zero-order valence-electron chi connectivity index (χ0n) is 8.92. The van der Waals surface area contributed by atoms with Crippen LogP contribution >= 0.6 is 0 Å². The molecule has 9 heteroatoms. The summed E-state index contributed by atoms with van der Waals surface area (Å²) in [6, 6.07) is -0.756. The number of terminal acetylenes is 1. The van der Waals surface area contributed by atoms with Crippen LogP contribution < -0.4 is 10.5 Å². The van der Waals surface area contributed by atoms with Crippen LogP contribution in [0.15, 0.2) is 0 Å². The van der Waals surface area contributed by atoms with Crippen LogP contribution in [0.25, 0.3) is 0 Å². The summed E-state index contributed by atoms with van der Waals surface area (Å²) in [7, 11) is -3.67. The van der Waals surface area contributed by atoms with Crippen molar-refractivity contribution in [3.8, 4) is 12.3 Å². The number of amides is 2. The lowest BCUT2D eigenvalue weighted by Crippen LogP contribution is -2.44. The first kappa shape index (κ1) is 15.2. The molecule has 0 spiro atoms. The van der Waals surface area contributed by atoms with Gasteiger partial charge in [-0.05, 0) is 0 Å². The number of urea groups is 1. The first-order chi connectivity index (χ1) is 7.76. The van der Waals surface area contributed by atoms with Crippen LogP contribution in [0.3, 0.4) is 0 Å².